The average Bonchev–Trinajstić information content (AvgIpc) is 3.10. The summed E-state index contributed by atoms with van der Waals surface area (Å²) in [5.41, 5.74) is 0. The van der Waals surface area contributed by atoms with Gasteiger partial charge in [-0.3, -0.25) is 9.59 Å². The maximum atomic E-state index is 13.4. The van der Waals surface area contributed by atoms with Gasteiger partial charge in [-0.2, -0.15) is 0 Å². The van der Waals surface area contributed by atoms with Gasteiger partial charge in [0.25, 0.3) is 5.91 Å². The van der Waals surface area contributed by atoms with E-state index in [1.54, 1.807) is 32.2 Å². The molecule has 2 amide bonds. The number of halogens is 1. The van der Waals surface area contributed by atoms with Gasteiger partial charge in [-0.15, -0.1) is 0 Å². The van der Waals surface area contributed by atoms with Crippen LogP contribution in [0.25, 0.3) is 0 Å². The zero-order chi connectivity index (χ0) is 17.5. The Balaban J connectivity index is 1.79. The highest BCUT2D eigenvalue weighted by atomic mass is 19.1. The fraction of sp³-hybridized carbons (Fsp3) is 0.294. The van der Waals surface area contributed by atoms with Gasteiger partial charge >= 0.3 is 0 Å². The Labute approximate surface area is 139 Å². The summed E-state index contributed by atoms with van der Waals surface area (Å²) in [6, 6.07) is 8.44. The molecular weight excluding hydrogens is 315 g/mol. The number of carbonyl (C=O) groups is 2. The highest BCUT2D eigenvalue weighted by molar-refractivity contribution is 5.95. The molecule has 0 aliphatic heterocycles. The summed E-state index contributed by atoms with van der Waals surface area (Å²) < 4.78 is 23.7. The number of likely N-dealkylation sites (N-methyl/N-ethyl adjacent to an activating group) is 1. The Kier molecular flexibility index (Phi) is 5.95. The molecule has 0 fully saturated rings. The fourth-order valence-corrected chi connectivity index (χ4v) is 2.03. The van der Waals surface area contributed by atoms with Gasteiger partial charge in [0.15, 0.2) is 17.3 Å². The van der Waals surface area contributed by atoms with Crippen LogP contribution in [0.2, 0.25) is 0 Å². The number of rotatable bonds is 7. The van der Waals surface area contributed by atoms with Crippen molar-refractivity contribution in [2.75, 3.05) is 20.2 Å². The first kappa shape index (κ1) is 17.5. The van der Waals surface area contributed by atoms with E-state index in [2.05, 4.69) is 5.32 Å². The second kappa shape index (κ2) is 8.14. The third-order valence-corrected chi connectivity index (χ3v) is 3.36. The van der Waals surface area contributed by atoms with Crippen molar-refractivity contribution in [3.63, 3.8) is 0 Å². The molecule has 1 N–H and O–H groups in total. The van der Waals surface area contributed by atoms with E-state index in [4.69, 9.17) is 9.15 Å². The van der Waals surface area contributed by atoms with Gasteiger partial charge in [0.05, 0.1) is 12.8 Å². The second-order valence-electron chi connectivity index (χ2n) is 5.21. The number of amides is 2. The third-order valence-electron chi connectivity index (χ3n) is 3.36. The Morgan fingerprint density at radius 3 is 2.71 bits per heavy atom. The molecule has 0 bridgehead atoms. The highest BCUT2D eigenvalue weighted by Gasteiger charge is 2.21. The van der Waals surface area contributed by atoms with Gasteiger partial charge in [-0.25, -0.2) is 4.39 Å². The molecule has 2 aromatic rings. The Bertz CT molecular complexity index is 688. The molecule has 1 aromatic heterocycles. The predicted molar refractivity (Wildman–Crippen MR) is 85.2 cm³/mol. The van der Waals surface area contributed by atoms with Crippen LogP contribution in [0.15, 0.2) is 47.1 Å². The first-order chi connectivity index (χ1) is 11.5. The van der Waals surface area contributed by atoms with E-state index in [9.17, 15) is 14.0 Å². The first-order valence-corrected chi connectivity index (χ1v) is 7.45. The molecule has 1 aromatic carbocycles. The minimum Gasteiger partial charge on any atom is -0.489 e. The molecule has 0 unspecified atom stereocenters. The highest BCUT2D eigenvalue weighted by Crippen LogP contribution is 2.15. The molecule has 2 rings (SSSR count). The number of ether oxygens (including phenoxy) is 1. The van der Waals surface area contributed by atoms with E-state index in [0.717, 1.165) is 0 Å². The molecule has 0 saturated heterocycles. The van der Waals surface area contributed by atoms with Crippen LogP contribution in [-0.2, 0) is 4.79 Å². The molecular formula is C17H19FN2O4. The van der Waals surface area contributed by atoms with Gasteiger partial charge in [0.1, 0.15) is 12.6 Å². The molecule has 0 radical (unpaired) electrons. The van der Waals surface area contributed by atoms with Crippen LogP contribution in [0, 0.1) is 5.82 Å². The number of furan rings is 1. The van der Waals surface area contributed by atoms with Crippen LogP contribution in [0.1, 0.15) is 17.5 Å². The van der Waals surface area contributed by atoms with Crippen molar-refractivity contribution in [3.05, 3.63) is 54.2 Å². The average molecular weight is 334 g/mol. The summed E-state index contributed by atoms with van der Waals surface area (Å²) in [5.74, 6) is -0.924. The molecule has 1 heterocycles. The summed E-state index contributed by atoms with van der Waals surface area (Å²) in [7, 11) is 1.59. The van der Waals surface area contributed by atoms with Gasteiger partial charge in [0.2, 0.25) is 5.91 Å². The maximum Gasteiger partial charge on any atom is 0.287 e. The van der Waals surface area contributed by atoms with E-state index in [-0.39, 0.29) is 30.6 Å². The Hall–Kier alpha value is -2.83. The van der Waals surface area contributed by atoms with Crippen molar-refractivity contribution < 1.29 is 23.1 Å². The van der Waals surface area contributed by atoms with Gasteiger partial charge in [0, 0.05) is 7.05 Å². The van der Waals surface area contributed by atoms with Crippen LogP contribution < -0.4 is 10.1 Å². The van der Waals surface area contributed by atoms with Crippen LogP contribution in [0.3, 0.4) is 0 Å². The second-order valence-corrected chi connectivity index (χ2v) is 5.21. The van der Waals surface area contributed by atoms with Crippen LogP contribution in [-0.4, -0.2) is 43.0 Å². The number of benzene rings is 1. The van der Waals surface area contributed by atoms with Crippen LogP contribution in [0.4, 0.5) is 4.39 Å². The molecule has 24 heavy (non-hydrogen) atoms. The lowest BCUT2D eigenvalue weighted by Crippen LogP contribution is -2.46. The summed E-state index contributed by atoms with van der Waals surface area (Å²) in [6.45, 7) is 1.98. The van der Waals surface area contributed by atoms with Crippen molar-refractivity contribution in [2.24, 2.45) is 0 Å². The normalized spacial score (nSPS) is 11.6. The van der Waals surface area contributed by atoms with Crippen LogP contribution >= 0.6 is 0 Å². The number of hydrogen-bond donors (Lipinski definition) is 1. The zero-order valence-electron chi connectivity index (χ0n) is 13.5. The minimum atomic E-state index is -0.721. The first-order valence-electron chi connectivity index (χ1n) is 7.45. The van der Waals surface area contributed by atoms with Gasteiger partial charge in [-0.1, -0.05) is 12.1 Å². The zero-order valence-corrected chi connectivity index (χ0v) is 13.5. The molecule has 128 valence electrons. The lowest BCUT2D eigenvalue weighted by atomic mass is 10.2. The van der Waals surface area contributed by atoms with E-state index >= 15 is 0 Å². The van der Waals surface area contributed by atoms with Crippen molar-refractivity contribution in [1.29, 1.82) is 0 Å². The van der Waals surface area contributed by atoms with Gasteiger partial charge < -0.3 is 19.4 Å². The summed E-state index contributed by atoms with van der Waals surface area (Å²) in [6.07, 6.45) is 1.38. The lowest BCUT2D eigenvalue weighted by molar-refractivity contribution is -0.131. The van der Waals surface area contributed by atoms with Gasteiger partial charge in [-0.05, 0) is 31.2 Å². The molecule has 7 heteroatoms. The van der Waals surface area contributed by atoms with Crippen molar-refractivity contribution >= 4 is 11.8 Å². The van der Waals surface area contributed by atoms with E-state index in [1.807, 2.05) is 0 Å². The summed E-state index contributed by atoms with van der Waals surface area (Å²) in [5, 5.41) is 2.56. The standard InChI is InChI=1S/C17H19FN2O4/c1-12(19-16(21)15-8-5-10-23-15)17(22)20(2)9-11-24-14-7-4-3-6-13(14)18/h3-8,10,12H,9,11H2,1-2H3,(H,19,21)/t12-/m0/s1. The molecule has 1 atom stereocenters. The number of para-hydroxylation sites is 1. The summed E-state index contributed by atoms with van der Waals surface area (Å²) >= 11 is 0. The fourth-order valence-electron chi connectivity index (χ4n) is 2.03. The SMILES string of the molecule is C[C@H](NC(=O)c1ccco1)C(=O)N(C)CCOc1ccccc1F. The molecule has 0 aliphatic carbocycles. The van der Waals surface area contributed by atoms with E-state index in [1.165, 1.54) is 29.4 Å². The molecule has 0 spiro atoms. The molecule has 0 aliphatic rings. The quantitative estimate of drug-likeness (QED) is 0.841. The number of nitrogens with one attached hydrogen (secondary N) is 1. The number of hydrogen-bond acceptors (Lipinski definition) is 4. The summed E-state index contributed by atoms with van der Waals surface area (Å²) in [4.78, 5) is 25.5. The van der Waals surface area contributed by atoms with Crippen molar-refractivity contribution in [1.82, 2.24) is 10.2 Å². The largest absolute Gasteiger partial charge is 0.489 e. The number of carbonyl (C=O) groups excluding carboxylic acids is 2. The van der Waals surface area contributed by atoms with Crippen LogP contribution in [0.5, 0.6) is 5.75 Å². The lowest BCUT2D eigenvalue weighted by Gasteiger charge is -2.22. The monoisotopic (exact) mass is 334 g/mol. The number of nitrogens with zero attached hydrogens (tertiary/aromatic N) is 1. The van der Waals surface area contributed by atoms with E-state index in [0.29, 0.717) is 0 Å². The molecule has 6 nitrogen and oxygen atoms in total. The Morgan fingerprint density at radius 1 is 1.29 bits per heavy atom. The van der Waals surface area contributed by atoms with Crippen molar-refractivity contribution in [3.8, 4) is 5.75 Å². The Morgan fingerprint density at radius 2 is 2.04 bits per heavy atom. The topological polar surface area (TPSA) is 71.8 Å². The third kappa shape index (κ3) is 4.58. The maximum absolute atomic E-state index is 13.4. The minimum absolute atomic E-state index is 0.137. The smallest absolute Gasteiger partial charge is 0.287 e. The van der Waals surface area contributed by atoms with Crippen molar-refractivity contribution in [2.45, 2.75) is 13.0 Å². The predicted octanol–water partition coefficient (Wildman–Crippen LogP) is 2.07. The molecule has 0 saturated carbocycles. The van der Waals surface area contributed by atoms with E-state index < -0.39 is 17.8 Å².